The van der Waals surface area contributed by atoms with Crippen molar-refractivity contribution in [2.45, 2.75) is 13.3 Å². The molecule has 1 aromatic heterocycles. The number of aromatic nitrogens is 1. The Morgan fingerprint density at radius 2 is 2.04 bits per heavy atom. The summed E-state index contributed by atoms with van der Waals surface area (Å²) in [4.78, 5) is 17.6. The highest BCUT2D eigenvalue weighted by molar-refractivity contribution is 5.96. The number of carbonyl (C=O) groups excluding carboxylic acids is 1. The predicted molar refractivity (Wildman–Crippen MR) is 97.9 cm³/mol. The van der Waals surface area contributed by atoms with E-state index in [4.69, 9.17) is 0 Å². The maximum Gasteiger partial charge on any atom is 0.254 e. The first-order chi connectivity index (χ1) is 12.1. The summed E-state index contributed by atoms with van der Waals surface area (Å²) in [6.45, 7) is 3.28. The Kier molecular flexibility index (Phi) is 3.88. The van der Waals surface area contributed by atoms with Crippen LogP contribution in [-0.4, -0.2) is 28.9 Å². The van der Waals surface area contributed by atoms with Crippen LogP contribution in [0.5, 0.6) is 0 Å². The van der Waals surface area contributed by atoms with Gasteiger partial charge in [-0.2, -0.15) is 0 Å². The summed E-state index contributed by atoms with van der Waals surface area (Å²) in [5.41, 5.74) is 5.25. The lowest BCUT2D eigenvalue weighted by Crippen LogP contribution is -2.34. The quantitative estimate of drug-likeness (QED) is 0.733. The number of aromatic amines is 1. The summed E-state index contributed by atoms with van der Waals surface area (Å²) in [6, 6.07) is 12.2. The number of nitrogens with zero attached hydrogens (tertiary/aromatic N) is 1. The number of rotatable bonds is 2. The average Bonchev–Trinajstić information content (AvgIpc) is 3.07. The van der Waals surface area contributed by atoms with Crippen LogP contribution in [0.1, 0.15) is 27.9 Å². The van der Waals surface area contributed by atoms with E-state index in [0.29, 0.717) is 18.7 Å². The van der Waals surface area contributed by atoms with Crippen LogP contribution in [0, 0.1) is 12.7 Å². The largest absolute Gasteiger partial charge is 0.360 e. The zero-order valence-electron chi connectivity index (χ0n) is 14.1. The van der Waals surface area contributed by atoms with E-state index in [1.54, 1.807) is 17.0 Å². The second-order valence-corrected chi connectivity index (χ2v) is 6.44. The molecule has 2 aromatic carbocycles. The molecule has 25 heavy (non-hydrogen) atoms. The lowest BCUT2D eigenvalue weighted by molar-refractivity contribution is 0.0772. The molecule has 4 rings (SSSR count). The molecule has 1 aliphatic heterocycles. The van der Waals surface area contributed by atoms with Gasteiger partial charge < -0.3 is 9.88 Å². The van der Waals surface area contributed by atoms with Gasteiger partial charge in [0, 0.05) is 41.3 Å². The molecule has 0 aliphatic carbocycles. The first-order valence-electron chi connectivity index (χ1n) is 8.44. The minimum absolute atomic E-state index is 0.121. The highest BCUT2D eigenvalue weighted by Gasteiger charge is 2.21. The van der Waals surface area contributed by atoms with Crippen LogP contribution in [0.4, 0.5) is 4.39 Å². The van der Waals surface area contributed by atoms with Crippen molar-refractivity contribution in [3.05, 3.63) is 77.2 Å². The van der Waals surface area contributed by atoms with Crippen LogP contribution in [0.3, 0.4) is 0 Å². The molecule has 3 nitrogen and oxygen atoms in total. The van der Waals surface area contributed by atoms with Gasteiger partial charge in [-0.3, -0.25) is 4.79 Å². The molecule has 0 saturated carbocycles. The number of halogens is 1. The molecule has 0 unspecified atom stereocenters. The first kappa shape index (κ1) is 15.6. The third-order valence-electron chi connectivity index (χ3n) is 4.84. The first-order valence-corrected chi connectivity index (χ1v) is 8.44. The van der Waals surface area contributed by atoms with E-state index in [2.05, 4.69) is 36.2 Å². The Morgan fingerprint density at radius 1 is 1.20 bits per heavy atom. The van der Waals surface area contributed by atoms with Crippen molar-refractivity contribution in [2.75, 3.05) is 13.1 Å². The van der Waals surface area contributed by atoms with E-state index in [-0.39, 0.29) is 11.7 Å². The van der Waals surface area contributed by atoms with Crippen molar-refractivity contribution < 1.29 is 9.18 Å². The van der Waals surface area contributed by atoms with Gasteiger partial charge in [0.2, 0.25) is 0 Å². The van der Waals surface area contributed by atoms with Crippen LogP contribution in [0.25, 0.3) is 16.5 Å². The Hall–Kier alpha value is -2.88. The van der Waals surface area contributed by atoms with Crippen molar-refractivity contribution in [1.29, 1.82) is 0 Å². The highest BCUT2D eigenvalue weighted by atomic mass is 19.1. The van der Waals surface area contributed by atoms with E-state index in [9.17, 15) is 9.18 Å². The fraction of sp³-hybridized carbons (Fsp3) is 0.190. The molecule has 0 saturated heterocycles. The minimum Gasteiger partial charge on any atom is -0.360 e. The number of carbonyl (C=O) groups is 1. The molecule has 1 amide bonds. The predicted octanol–water partition coefficient (Wildman–Crippen LogP) is 4.54. The number of fused-ring (bicyclic) bond motifs is 1. The van der Waals surface area contributed by atoms with E-state index < -0.39 is 0 Å². The van der Waals surface area contributed by atoms with Crippen LogP contribution in [-0.2, 0) is 0 Å². The monoisotopic (exact) mass is 334 g/mol. The standard InChI is InChI=1S/C21H19FN2O/c1-14-4-2-7-18-19(13-23-20(14)18)15-8-10-24(11-9-15)21(25)16-5-3-6-17(22)12-16/h2-8,12-13,23H,9-11H2,1H3. The van der Waals surface area contributed by atoms with E-state index in [1.807, 2.05) is 6.20 Å². The molecular formula is C21H19FN2O. The van der Waals surface area contributed by atoms with Crippen LogP contribution in [0.2, 0.25) is 0 Å². The van der Waals surface area contributed by atoms with Gasteiger partial charge in [-0.25, -0.2) is 4.39 Å². The Balaban J connectivity index is 1.58. The summed E-state index contributed by atoms with van der Waals surface area (Å²) in [5, 5.41) is 1.22. The molecule has 0 fully saturated rings. The van der Waals surface area contributed by atoms with Crippen molar-refractivity contribution in [3.8, 4) is 0 Å². The van der Waals surface area contributed by atoms with Crippen LogP contribution >= 0.6 is 0 Å². The van der Waals surface area contributed by atoms with Gasteiger partial charge in [0.25, 0.3) is 5.91 Å². The molecule has 1 aliphatic rings. The maximum atomic E-state index is 13.3. The number of H-pyrrole nitrogens is 1. The fourth-order valence-corrected chi connectivity index (χ4v) is 3.47. The topological polar surface area (TPSA) is 36.1 Å². The van der Waals surface area contributed by atoms with E-state index >= 15 is 0 Å². The summed E-state index contributed by atoms with van der Waals surface area (Å²) in [6.07, 6.45) is 4.95. The Bertz CT molecular complexity index is 986. The number of amides is 1. The van der Waals surface area contributed by atoms with Crippen molar-refractivity contribution in [2.24, 2.45) is 0 Å². The molecule has 0 radical (unpaired) electrons. The lowest BCUT2D eigenvalue weighted by atomic mass is 9.98. The van der Waals surface area contributed by atoms with Crippen molar-refractivity contribution in [3.63, 3.8) is 0 Å². The molecule has 0 spiro atoms. The molecular weight excluding hydrogens is 315 g/mol. The van der Waals surface area contributed by atoms with Crippen LogP contribution in [0.15, 0.2) is 54.7 Å². The Labute approximate surface area is 145 Å². The number of nitrogens with one attached hydrogen (secondary N) is 1. The summed E-state index contributed by atoms with van der Waals surface area (Å²) < 4.78 is 13.3. The van der Waals surface area contributed by atoms with Gasteiger partial charge in [0.05, 0.1) is 0 Å². The molecule has 126 valence electrons. The number of aryl methyl sites for hydroxylation is 1. The molecule has 3 aromatic rings. The second kappa shape index (κ2) is 6.20. The molecule has 4 heteroatoms. The van der Waals surface area contributed by atoms with Gasteiger partial charge in [-0.1, -0.05) is 30.3 Å². The minimum atomic E-state index is -0.381. The highest BCUT2D eigenvalue weighted by Crippen LogP contribution is 2.30. The summed E-state index contributed by atoms with van der Waals surface area (Å²) >= 11 is 0. The normalized spacial score (nSPS) is 14.6. The van der Waals surface area contributed by atoms with Gasteiger partial charge in [-0.15, -0.1) is 0 Å². The SMILES string of the molecule is Cc1cccc2c(C3=CCN(C(=O)c4cccc(F)c4)CC3)c[nH]c12. The van der Waals surface area contributed by atoms with Crippen molar-refractivity contribution in [1.82, 2.24) is 9.88 Å². The zero-order valence-corrected chi connectivity index (χ0v) is 14.1. The third kappa shape index (κ3) is 2.84. The lowest BCUT2D eigenvalue weighted by Gasteiger charge is -2.26. The van der Waals surface area contributed by atoms with Gasteiger partial charge in [0.1, 0.15) is 5.82 Å². The number of hydrogen-bond acceptors (Lipinski definition) is 1. The average molecular weight is 334 g/mol. The van der Waals surface area contributed by atoms with Gasteiger partial charge >= 0.3 is 0 Å². The maximum absolute atomic E-state index is 13.3. The summed E-state index contributed by atoms with van der Waals surface area (Å²) in [5.74, 6) is -0.502. The molecule has 0 bridgehead atoms. The number of hydrogen-bond donors (Lipinski definition) is 1. The fourth-order valence-electron chi connectivity index (χ4n) is 3.47. The molecule has 2 heterocycles. The third-order valence-corrected chi connectivity index (χ3v) is 4.84. The summed E-state index contributed by atoms with van der Waals surface area (Å²) in [7, 11) is 0. The molecule has 0 atom stereocenters. The van der Waals surface area contributed by atoms with Crippen LogP contribution < -0.4 is 0 Å². The number of para-hydroxylation sites is 1. The van der Waals surface area contributed by atoms with Gasteiger partial charge in [0.15, 0.2) is 0 Å². The van der Waals surface area contributed by atoms with E-state index in [1.165, 1.54) is 34.2 Å². The van der Waals surface area contributed by atoms with Crippen molar-refractivity contribution >= 4 is 22.4 Å². The van der Waals surface area contributed by atoms with Gasteiger partial charge in [-0.05, 0) is 42.7 Å². The zero-order chi connectivity index (χ0) is 17.4. The Morgan fingerprint density at radius 3 is 2.80 bits per heavy atom. The molecule has 1 N–H and O–H groups in total. The smallest absolute Gasteiger partial charge is 0.254 e. The van der Waals surface area contributed by atoms with E-state index in [0.717, 1.165) is 11.9 Å². The number of benzene rings is 2. The second-order valence-electron chi connectivity index (χ2n) is 6.44.